The van der Waals surface area contributed by atoms with Crippen molar-refractivity contribution in [3.8, 4) is 11.5 Å². The van der Waals surface area contributed by atoms with Crippen molar-refractivity contribution in [1.29, 1.82) is 0 Å². The predicted molar refractivity (Wildman–Crippen MR) is 155 cm³/mol. The molecule has 194 valence electrons. The summed E-state index contributed by atoms with van der Waals surface area (Å²) in [5, 5.41) is 11.3. The number of thioether (sulfide) groups is 1. The van der Waals surface area contributed by atoms with E-state index in [2.05, 4.69) is 52.3 Å². The zero-order valence-corrected chi connectivity index (χ0v) is 24.1. The minimum Gasteiger partial charge on any atom is -0.411 e. The molecule has 0 aliphatic carbocycles. The summed E-state index contributed by atoms with van der Waals surface area (Å²) in [5.74, 6) is 0.439. The van der Waals surface area contributed by atoms with Crippen LogP contribution < -0.4 is 10.2 Å². The highest BCUT2D eigenvalue weighted by atomic mass is 79.9. The van der Waals surface area contributed by atoms with E-state index >= 15 is 0 Å². The smallest absolute Gasteiger partial charge is 0.277 e. The van der Waals surface area contributed by atoms with Crippen molar-refractivity contribution < 1.29 is 14.0 Å². The molecule has 38 heavy (non-hydrogen) atoms. The Hall–Kier alpha value is -3.15. The Balaban J connectivity index is 1.09. The van der Waals surface area contributed by atoms with Crippen LogP contribution in [0.5, 0.6) is 0 Å². The van der Waals surface area contributed by atoms with Gasteiger partial charge in [0.05, 0.1) is 11.3 Å². The van der Waals surface area contributed by atoms with Crippen molar-refractivity contribution in [2.24, 2.45) is 0 Å². The summed E-state index contributed by atoms with van der Waals surface area (Å²) < 4.78 is 7.43. The predicted octanol–water partition coefficient (Wildman–Crippen LogP) is 5.95. The Kier molecular flexibility index (Phi) is 8.45. The molecule has 1 aromatic heterocycles. The van der Waals surface area contributed by atoms with Crippen molar-refractivity contribution in [1.82, 2.24) is 15.1 Å². The molecule has 2 amide bonds. The number of nitrogens with zero attached hydrogens (tertiary/aromatic N) is 4. The molecule has 0 saturated carbocycles. The topological polar surface area (TPSA) is 91.6 Å². The molecule has 0 radical (unpaired) electrons. The molecule has 4 aromatic rings. The average Bonchev–Trinajstić information content (AvgIpc) is 3.42. The molecule has 0 bridgehead atoms. The number of hydrogen-bond acceptors (Lipinski definition) is 7. The molecule has 5 rings (SSSR count). The van der Waals surface area contributed by atoms with Gasteiger partial charge in [-0.25, -0.2) is 0 Å². The lowest BCUT2D eigenvalue weighted by Crippen LogP contribution is -2.48. The molecule has 1 saturated heterocycles. The quantitative estimate of drug-likeness (QED) is 0.246. The Morgan fingerprint density at radius 2 is 1.61 bits per heavy atom. The first-order chi connectivity index (χ1) is 18.5. The molecular weight excluding hydrogens is 634 g/mol. The minimum absolute atomic E-state index is 0.0399. The van der Waals surface area contributed by atoms with Gasteiger partial charge in [0.1, 0.15) is 0 Å². The van der Waals surface area contributed by atoms with Crippen LogP contribution in [0.1, 0.15) is 10.4 Å². The van der Waals surface area contributed by atoms with Gasteiger partial charge in [-0.1, -0.05) is 39.8 Å². The van der Waals surface area contributed by atoms with E-state index in [-0.39, 0.29) is 17.6 Å². The zero-order valence-electron chi connectivity index (χ0n) is 20.1. The molecule has 1 aliphatic heterocycles. The molecule has 1 fully saturated rings. The Morgan fingerprint density at radius 1 is 0.895 bits per heavy atom. The molecule has 3 aromatic carbocycles. The van der Waals surface area contributed by atoms with E-state index in [4.69, 9.17) is 4.42 Å². The first kappa shape index (κ1) is 26.5. The van der Waals surface area contributed by atoms with E-state index in [1.807, 2.05) is 77.7 Å². The number of hydrogen-bond donors (Lipinski definition) is 1. The first-order valence-electron chi connectivity index (χ1n) is 11.9. The zero-order chi connectivity index (χ0) is 26.5. The normalized spacial score (nSPS) is 13.4. The van der Waals surface area contributed by atoms with Crippen LogP contribution in [0.2, 0.25) is 0 Å². The lowest BCUT2D eigenvalue weighted by atomic mass is 10.1. The number of anilines is 2. The van der Waals surface area contributed by atoms with Crippen molar-refractivity contribution in [2.45, 2.75) is 5.22 Å². The Bertz CT molecular complexity index is 1420. The number of aromatic nitrogens is 2. The Labute approximate surface area is 241 Å². The van der Waals surface area contributed by atoms with Crippen LogP contribution in [-0.2, 0) is 4.79 Å². The lowest BCUT2D eigenvalue weighted by molar-refractivity contribution is -0.113. The van der Waals surface area contributed by atoms with Gasteiger partial charge in [-0.05, 0) is 76.6 Å². The van der Waals surface area contributed by atoms with Crippen LogP contribution in [-0.4, -0.2) is 58.8 Å². The second-order valence-electron chi connectivity index (χ2n) is 8.52. The van der Waals surface area contributed by atoms with E-state index in [1.165, 1.54) is 11.8 Å². The van der Waals surface area contributed by atoms with Gasteiger partial charge < -0.3 is 19.5 Å². The van der Waals surface area contributed by atoms with Gasteiger partial charge in [0.15, 0.2) is 0 Å². The molecule has 2 heterocycles. The average molecular weight is 657 g/mol. The summed E-state index contributed by atoms with van der Waals surface area (Å²) >= 11 is 8.06. The fourth-order valence-electron chi connectivity index (χ4n) is 4.03. The monoisotopic (exact) mass is 655 g/mol. The standard InChI is InChI=1S/C27H23Br2N5O3S/c28-19-7-5-18(6-8-19)25-31-32-27(37-25)38-17-24(35)30-20-9-11-21(12-10-20)33-13-15-34(16-14-33)26(36)22-3-1-2-4-23(22)29/h1-12H,13-17H2,(H,30,35). The van der Waals surface area contributed by atoms with Gasteiger partial charge >= 0.3 is 0 Å². The van der Waals surface area contributed by atoms with Crippen molar-refractivity contribution in [3.63, 3.8) is 0 Å². The van der Waals surface area contributed by atoms with E-state index in [0.717, 1.165) is 33.3 Å². The highest BCUT2D eigenvalue weighted by Crippen LogP contribution is 2.25. The van der Waals surface area contributed by atoms with Gasteiger partial charge in [0.25, 0.3) is 11.1 Å². The molecular formula is C27H23Br2N5O3S. The van der Waals surface area contributed by atoms with Gasteiger partial charge in [0.2, 0.25) is 11.8 Å². The number of benzene rings is 3. The van der Waals surface area contributed by atoms with Crippen molar-refractivity contribution >= 4 is 66.8 Å². The van der Waals surface area contributed by atoms with Crippen molar-refractivity contribution in [2.75, 3.05) is 42.1 Å². The third-order valence-corrected chi connectivity index (χ3v) is 8.05. The van der Waals surface area contributed by atoms with Crippen LogP contribution in [0.3, 0.4) is 0 Å². The summed E-state index contributed by atoms with van der Waals surface area (Å²) in [5.41, 5.74) is 3.26. The largest absolute Gasteiger partial charge is 0.411 e. The maximum Gasteiger partial charge on any atom is 0.277 e. The summed E-state index contributed by atoms with van der Waals surface area (Å²) in [6.07, 6.45) is 0. The maximum absolute atomic E-state index is 12.9. The SMILES string of the molecule is O=C(CSc1nnc(-c2ccc(Br)cc2)o1)Nc1ccc(N2CCN(C(=O)c3ccccc3Br)CC2)cc1. The maximum atomic E-state index is 12.9. The third kappa shape index (κ3) is 6.46. The third-order valence-electron chi connectivity index (χ3n) is 6.01. The van der Waals surface area contributed by atoms with E-state index in [1.54, 1.807) is 0 Å². The van der Waals surface area contributed by atoms with E-state index < -0.39 is 0 Å². The molecule has 0 unspecified atom stereocenters. The summed E-state index contributed by atoms with van der Waals surface area (Å²) in [7, 11) is 0. The Morgan fingerprint density at radius 3 is 2.32 bits per heavy atom. The van der Waals surface area contributed by atoms with Crippen LogP contribution in [0.25, 0.3) is 11.5 Å². The first-order valence-corrected chi connectivity index (χ1v) is 14.4. The number of amides is 2. The second kappa shape index (κ2) is 12.1. The highest BCUT2D eigenvalue weighted by molar-refractivity contribution is 9.10. The van der Waals surface area contributed by atoms with Crippen LogP contribution in [0.4, 0.5) is 11.4 Å². The molecule has 0 spiro atoms. The van der Waals surface area contributed by atoms with Gasteiger partial charge in [-0.3, -0.25) is 9.59 Å². The summed E-state index contributed by atoms with van der Waals surface area (Å²) in [6.45, 7) is 2.78. The fraction of sp³-hybridized carbons (Fsp3) is 0.185. The van der Waals surface area contributed by atoms with Crippen LogP contribution >= 0.6 is 43.6 Å². The minimum atomic E-state index is -0.162. The summed E-state index contributed by atoms with van der Waals surface area (Å²) in [4.78, 5) is 29.4. The molecule has 1 aliphatic rings. The number of carbonyl (C=O) groups excluding carboxylic acids is 2. The fourth-order valence-corrected chi connectivity index (χ4v) is 5.31. The second-order valence-corrected chi connectivity index (χ2v) is 11.2. The molecule has 8 nitrogen and oxygen atoms in total. The number of piperazine rings is 1. The highest BCUT2D eigenvalue weighted by Gasteiger charge is 2.23. The van der Waals surface area contributed by atoms with E-state index in [0.29, 0.717) is 35.5 Å². The van der Waals surface area contributed by atoms with Gasteiger partial charge in [-0.2, -0.15) is 0 Å². The number of carbonyl (C=O) groups is 2. The van der Waals surface area contributed by atoms with Gasteiger partial charge in [-0.15, -0.1) is 10.2 Å². The van der Waals surface area contributed by atoms with Crippen LogP contribution in [0.15, 0.2) is 91.4 Å². The number of nitrogens with one attached hydrogen (secondary N) is 1. The van der Waals surface area contributed by atoms with Crippen LogP contribution in [0, 0.1) is 0 Å². The summed E-state index contributed by atoms with van der Waals surface area (Å²) in [6, 6.07) is 22.8. The van der Waals surface area contributed by atoms with Gasteiger partial charge in [0, 0.05) is 52.1 Å². The number of halogens is 2. The molecule has 11 heteroatoms. The number of rotatable bonds is 7. The lowest BCUT2D eigenvalue weighted by Gasteiger charge is -2.36. The molecule has 0 atom stereocenters. The van der Waals surface area contributed by atoms with Crippen molar-refractivity contribution in [3.05, 3.63) is 87.3 Å². The molecule has 1 N–H and O–H groups in total. The van der Waals surface area contributed by atoms with E-state index in [9.17, 15) is 9.59 Å².